The number of benzene rings is 2. The highest BCUT2D eigenvalue weighted by Gasteiger charge is 2.34. The highest BCUT2D eigenvalue weighted by atomic mass is 16.5. The summed E-state index contributed by atoms with van der Waals surface area (Å²) in [6.07, 6.45) is 4.20. The lowest BCUT2D eigenvalue weighted by atomic mass is 9.76. The molecule has 2 aliphatic carbocycles. The van der Waals surface area contributed by atoms with Gasteiger partial charge in [0.15, 0.2) is 5.78 Å². The number of nitrogens with zero attached hydrogens (tertiary/aromatic N) is 1. The minimum Gasteiger partial charge on any atom is -0.444 e. The van der Waals surface area contributed by atoms with Crippen molar-refractivity contribution in [3.8, 4) is 0 Å². The number of carbonyl (C=O) groups excluding carboxylic acids is 3. The molecule has 202 valence electrons. The van der Waals surface area contributed by atoms with E-state index in [1.54, 1.807) is 0 Å². The number of amides is 2. The van der Waals surface area contributed by atoms with Crippen LogP contribution in [-0.4, -0.2) is 23.0 Å². The molecule has 0 aliphatic heterocycles. The molecule has 2 aliphatic rings. The molecule has 0 atom stereocenters. The third kappa shape index (κ3) is 7.02. The van der Waals surface area contributed by atoms with Gasteiger partial charge in [0.1, 0.15) is 18.9 Å². The van der Waals surface area contributed by atoms with Crippen LogP contribution in [0.3, 0.4) is 0 Å². The Hall–Kier alpha value is -4.20. The Morgan fingerprint density at radius 2 is 1.49 bits per heavy atom. The van der Waals surface area contributed by atoms with Crippen LogP contribution in [-0.2, 0) is 22.7 Å². The summed E-state index contributed by atoms with van der Waals surface area (Å²) in [7, 11) is 0. The third-order valence-corrected chi connectivity index (χ3v) is 7.54. The molecule has 0 radical (unpaired) electrons. The minimum absolute atomic E-state index is 0.0388. The number of ether oxygens (including phenoxy) is 2. The van der Waals surface area contributed by atoms with E-state index in [-0.39, 0.29) is 24.9 Å². The molecule has 1 heterocycles. The molecule has 2 fully saturated rings. The number of ketones is 1. The van der Waals surface area contributed by atoms with Crippen LogP contribution in [0.25, 0.3) is 0 Å². The monoisotopic (exact) mass is 527 g/mol. The lowest BCUT2D eigenvalue weighted by Crippen LogP contribution is -2.24. The van der Waals surface area contributed by atoms with E-state index in [4.69, 9.17) is 15.2 Å². The minimum atomic E-state index is -0.860. The summed E-state index contributed by atoms with van der Waals surface area (Å²) in [6.45, 7) is 0.179. The zero-order valence-corrected chi connectivity index (χ0v) is 21.8. The summed E-state index contributed by atoms with van der Waals surface area (Å²) in [6, 6.07) is 21.2. The average Bonchev–Trinajstić information content (AvgIpc) is 3.81. The second-order valence-electron chi connectivity index (χ2n) is 10.3. The van der Waals surface area contributed by atoms with E-state index in [0.717, 1.165) is 49.7 Å². The second-order valence-corrected chi connectivity index (χ2v) is 10.3. The van der Waals surface area contributed by atoms with E-state index in [2.05, 4.69) is 10.3 Å². The first kappa shape index (κ1) is 26.4. The van der Waals surface area contributed by atoms with Crippen molar-refractivity contribution < 1.29 is 23.9 Å². The van der Waals surface area contributed by atoms with Crippen molar-refractivity contribution in [1.29, 1.82) is 0 Å². The molecule has 3 aromatic rings. The fourth-order valence-corrected chi connectivity index (χ4v) is 5.25. The molecule has 8 heteroatoms. The topological polar surface area (TPSA) is 121 Å². The van der Waals surface area contributed by atoms with E-state index in [1.807, 2.05) is 66.7 Å². The van der Waals surface area contributed by atoms with Crippen molar-refractivity contribution in [2.45, 2.75) is 63.6 Å². The summed E-state index contributed by atoms with van der Waals surface area (Å²) in [5, 5.41) is 2.77. The Labute approximate surface area is 227 Å². The number of primary amides is 1. The number of pyridine rings is 1. The van der Waals surface area contributed by atoms with Crippen LogP contribution in [0.4, 0.5) is 15.3 Å². The lowest BCUT2D eigenvalue weighted by Gasteiger charge is -2.28. The Bertz CT molecular complexity index is 1310. The predicted octanol–water partition coefficient (Wildman–Crippen LogP) is 6.46. The van der Waals surface area contributed by atoms with E-state index in [1.165, 1.54) is 5.56 Å². The predicted molar refractivity (Wildman–Crippen MR) is 146 cm³/mol. The molecule has 8 nitrogen and oxygen atoms in total. The van der Waals surface area contributed by atoms with E-state index < -0.39 is 12.2 Å². The highest BCUT2D eigenvalue weighted by Crippen LogP contribution is 2.43. The van der Waals surface area contributed by atoms with Crippen LogP contribution in [0.15, 0.2) is 66.7 Å². The highest BCUT2D eigenvalue weighted by molar-refractivity contribution is 5.97. The first-order chi connectivity index (χ1) is 19.0. The smallest absolute Gasteiger partial charge is 0.411 e. The fourth-order valence-electron chi connectivity index (χ4n) is 5.25. The van der Waals surface area contributed by atoms with Crippen molar-refractivity contribution in [2.24, 2.45) is 11.7 Å². The number of hydrogen-bond acceptors (Lipinski definition) is 6. The van der Waals surface area contributed by atoms with Crippen LogP contribution in [0, 0.1) is 5.92 Å². The molecule has 2 amide bonds. The lowest BCUT2D eigenvalue weighted by molar-refractivity contribution is 0.0876. The largest absolute Gasteiger partial charge is 0.444 e. The third-order valence-electron chi connectivity index (χ3n) is 7.54. The number of Topliss-reactive ketones (excluding diaryl/α,β-unsaturated/α-hetero) is 1. The van der Waals surface area contributed by atoms with Gasteiger partial charge in [0.2, 0.25) is 0 Å². The molecule has 1 aromatic heterocycles. The average molecular weight is 528 g/mol. The molecule has 0 unspecified atom stereocenters. The number of aromatic nitrogens is 1. The zero-order chi connectivity index (χ0) is 27.2. The fraction of sp³-hybridized carbons (Fsp3) is 0.355. The van der Waals surface area contributed by atoms with Crippen LogP contribution in [0.1, 0.15) is 83.2 Å². The van der Waals surface area contributed by atoms with Gasteiger partial charge in [-0.2, -0.15) is 0 Å². The Morgan fingerprint density at radius 3 is 2.15 bits per heavy atom. The number of rotatable bonds is 9. The van der Waals surface area contributed by atoms with Crippen LogP contribution >= 0.6 is 0 Å². The second kappa shape index (κ2) is 12.1. The number of nitrogens with one attached hydrogen (secondary N) is 1. The summed E-state index contributed by atoms with van der Waals surface area (Å²) in [4.78, 5) is 41.3. The van der Waals surface area contributed by atoms with Crippen molar-refractivity contribution in [3.05, 3.63) is 94.8 Å². The van der Waals surface area contributed by atoms with Gasteiger partial charge in [0.05, 0.1) is 5.69 Å². The van der Waals surface area contributed by atoms with E-state index in [9.17, 15) is 14.4 Å². The molecular formula is C31H33N3O5. The van der Waals surface area contributed by atoms with Gasteiger partial charge in [-0.05, 0) is 85.3 Å². The van der Waals surface area contributed by atoms with Crippen molar-refractivity contribution >= 4 is 23.7 Å². The summed E-state index contributed by atoms with van der Waals surface area (Å²) in [5.74, 6) is 0.768. The number of anilines is 1. The molecular weight excluding hydrogens is 494 g/mol. The summed E-state index contributed by atoms with van der Waals surface area (Å²) >= 11 is 0. The molecule has 0 saturated heterocycles. The van der Waals surface area contributed by atoms with E-state index >= 15 is 0 Å². The zero-order valence-electron chi connectivity index (χ0n) is 21.8. The maximum Gasteiger partial charge on any atom is 0.411 e. The van der Waals surface area contributed by atoms with Gasteiger partial charge in [0.25, 0.3) is 0 Å². The molecule has 3 N–H and O–H groups in total. The van der Waals surface area contributed by atoms with E-state index in [0.29, 0.717) is 28.9 Å². The van der Waals surface area contributed by atoms with Crippen LogP contribution < -0.4 is 11.1 Å². The first-order valence-electron chi connectivity index (χ1n) is 13.5. The van der Waals surface area contributed by atoms with Crippen molar-refractivity contribution in [1.82, 2.24) is 4.98 Å². The molecule has 0 spiro atoms. The quantitative estimate of drug-likeness (QED) is 0.308. The van der Waals surface area contributed by atoms with Gasteiger partial charge >= 0.3 is 12.2 Å². The maximum absolute atomic E-state index is 13.5. The van der Waals surface area contributed by atoms with Crippen LogP contribution in [0.5, 0.6) is 0 Å². The molecule has 2 aromatic carbocycles. The Morgan fingerprint density at radius 1 is 0.795 bits per heavy atom. The maximum atomic E-state index is 13.5. The van der Waals surface area contributed by atoms with Gasteiger partial charge in [0, 0.05) is 11.6 Å². The van der Waals surface area contributed by atoms with Gasteiger partial charge in [-0.15, -0.1) is 0 Å². The summed E-state index contributed by atoms with van der Waals surface area (Å²) < 4.78 is 10.2. The normalized spacial score (nSPS) is 18.7. The van der Waals surface area contributed by atoms with Crippen molar-refractivity contribution in [3.63, 3.8) is 0 Å². The molecule has 5 rings (SSSR count). The molecule has 39 heavy (non-hydrogen) atoms. The SMILES string of the molecule is NC(=O)OCc1ccc(C2CC2)c(C(=O)C2CCC(c3ccc(NC(=O)OCc4ccccc4)cc3)CC2)n1. The van der Waals surface area contributed by atoms with Gasteiger partial charge < -0.3 is 15.2 Å². The number of hydrogen-bond donors (Lipinski definition) is 2. The number of nitrogens with two attached hydrogens (primary N) is 1. The van der Waals surface area contributed by atoms with Gasteiger partial charge in [-0.1, -0.05) is 48.5 Å². The van der Waals surface area contributed by atoms with Gasteiger partial charge in [-0.25, -0.2) is 14.6 Å². The Balaban J connectivity index is 1.15. The number of carbonyl (C=O) groups is 3. The first-order valence-corrected chi connectivity index (χ1v) is 13.5. The van der Waals surface area contributed by atoms with Crippen LogP contribution in [0.2, 0.25) is 0 Å². The summed E-state index contributed by atoms with van der Waals surface area (Å²) in [5.41, 5.74) is 9.97. The molecule has 2 saturated carbocycles. The molecule has 0 bridgehead atoms. The van der Waals surface area contributed by atoms with Gasteiger partial charge in [-0.3, -0.25) is 10.1 Å². The standard InChI is InChI=1S/C31H33N3O5/c32-30(36)38-19-26-16-17-27(23-8-9-23)28(33-26)29(35)24-10-6-21(7-11-24)22-12-14-25(15-13-22)34-31(37)39-18-20-4-2-1-3-5-20/h1-5,12-17,21,23-24H,6-11,18-19H2,(H2,32,36)(H,34,37). The Kier molecular flexibility index (Phi) is 8.20. The van der Waals surface area contributed by atoms with Crippen molar-refractivity contribution in [2.75, 3.05) is 5.32 Å².